The zero-order valence-electron chi connectivity index (χ0n) is 7.67. The Morgan fingerprint density at radius 3 is 2.83 bits per heavy atom. The highest BCUT2D eigenvalue weighted by Gasteiger charge is 2.24. The van der Waals surface area contributed by atoms with E-state index in [4.69, 9.17) is 0 Å². The van der Waals surface area contributed by atoms with Crippen molar-refractivity contribution >= 4 is 5.69 Å². The average molecular weight is 160 g/mol. The van der Waals surface area contributed by atoms with Gasteiger partial charge in [-0.3, -0.25) is 0 Å². The largest absolute Gasteiger partial charge is 0.363 e. The maximum absolute atomic E-state index is 2.38. The second kappa shape index (κ2) is 2.81. The van der Waals surface area contributed by atoms with Crippen molar-refractivity contribution in [1.29, 1.82) is 0 Å². The Kier molecular flexibility index (Phi) is 1.80. The van der Waals surface area contributed by atoms with E-state index in [0.717, 1.165) is 13.0 Å². The van der Waals surface area contributed by atoms with Gasteiger partial charge in [0.15, 0.2) is 0 Å². The van der Waals surface area contributed by atoms with Crippen LogP contribution < -0.4 is 4.90 Å². The first-order chi connectivity index (χ1) is 5.83. The summed E-state index contributed by atoms with van der Waals surface area (Å²) in [5, 5.41) is 0. The van der Waals surface area contributed by atoms with Crippen molar-refractivity contribution in [1.82, 2.24) is 0 Å². The predicted molar refractivity (Wildman–Crippen MR) is 52.1 cm³/mol. The maximum Gasteiger partial charge on any atom is 0.0646 e. The molecule has 0 fully saturated rings. The molecule has 0 atom stereocenters. The third-order valence-corrected chi connectivity index (χ3v) is 2.51. The fourth-order valence-corrected chi connectivity index (χ4v) is 1.94. The minimum atomic E-state index is 1.09. The number of para-hydroxylation sites is 1. The van der Waals surface area contributed by atoms with Gasteiger partial charge >= 0.3 is 0 Å². The molecule has 1 nitrogen and oxygen atoms in total. The lowest BCUT2D eigenvalue weighted by molar-refractivity contribution is 0.840. The van der Waals surface area contributed by atoms with Crippen LogP contribution in [0.5, 0.6) is 0 Å². The van der Waals surface area contributed by atoms with Crippen LogP contribution in [0.15, 0.2) is 24.3 Å². The molecule has 1 aliphatic heterocycles. The lowest BCUT2D eigenvalue weighted by Gasteiger charge is -2.21. The van der Waals surface area contributed by atoms with Crippen LogP contribution in [0, 0.1) is 6.04 Å². The van der Waals surface area contributed by atoms with E-state index >= 15 is 0 Å². The van der Waals surface area contributed by atoms with Gasteiger partial charge < -0.3 is 4.90 Å². The number of benzene rings is 1. The Morgan fingerprint density at radius 2 is 2.08 bits per heavy atom. The SMILES string of the molecule is CCN1[C](C)Cc2ccccc21. The molecule has 1 aromatic rings. The van der Waals surface area contributed by atoms with Crippen molar-refractivity contribution in [2.75, 3.05) is 11.4 Å². The van der Waals surface area contributed by atoms with E-state index in [1.54, 1.807) is 0 Å². The van der Waals surface area contributed by atoms with Crippen LogP contribution in [0.3, 0.4) is 0 Å². The third-order valence-electron chi connectivity index (χ3n) is 2.51. The number of hydrogen-bond donors (Lipinski definition) is 0. The van der Waals surface area contributed by atoms with Gasteiger partial charge in [0, 0.05) is 12.2 Å². The van der Waals surface area contributed by atoms with Gasteiger partial charge in [0.2, 0.25) is 0 Å². The Balaban J connectivity index is 2.40. The summed E-state index contributed by atoms with van der Waals surface area (Å²) in [6, 6.07) is 10.1. The van der Waals surface area contributed by atoms with Gasteiger partial charge in [-0.25, -0.2) is 0 Å². The monoisotopic (exact) mass is 160 g/mol. The van der Waals surface area contributed by atoms with Crippen molar-refractivity contribution in [3.8, 4) is 0 Å². The quantitative estimate of drug-likeness (QED) is 0.610. The van der Waals surface area contributed by atoms with E-state index in [2.05, 4.69) is 43.0 Å². The van der Waals surface area contributed by atoms with Crippen molar-refractivity contribution < 1.29 is 0 Å². The van der Waals surface area contributed by atoms with Gasteiger partial charge in [0.05, 0.1) is 6.04 Å². The Hall–Kier alpha value is -0.980. The molecule has 0 unspecified atom stereocenters. The van der Waals surface area contributed by atoms with E-state index in [9.17, 15) is 0 Å². The molecule has 0 amide bonds. The molecule has 0 saturated heterocycles. The number of hydrogen-bond acceptors (Lipinski definition) is 1. The summed E-state index contributed by atoms with van der Waals surface area (Å²) in [4.78, 5) is 2.38. The molecule has 63 valence electrons. The van der Waals surface area contributed by atoms with E-state index in [-0.39, 0.29) is 0 Å². The van der Waals surface area contributed by atoms with Crippen LogP contribution in [0.1, 0.15) is 19.4 Å². The summed E-state index contributed by atoms with van der Waals surface area (Å²) in [6.45, 7) is 5.50. The standard InChI is InChI=1S/C11H14N/c1-3-12-9(2)8-10-6-4-5-7-11(10)12/h4-7H,3,8H2,1-2H3. The van der Waals surface area contributed by atoms with Gasteiger partial charge in [-0.05, 0) is 31.9 Å². The molecule has 1 heteroatoms. The molecule has 1 heterocycles. The van der Waals surface area contributed by atoms with E-state index in [1.807, 2.05) is 0 Å². The number of rotatable bonds is 1. The van der Waals surface area contributed by atoms with Gasteiger partial charge in [-0.1, -0.05) is 18.2 Å². The zero-order chi connectivity index (χ0) is 8.55. The molecule has 12 heavy (non-hydrogen) atoms. The molecule has 0 N–H and O–H groups in total. The summed E-state index contributed by atoms with van der Waals surface area (Å²) in [5.41, 5.74) is 2.87. The lowest BCUT2D eigenvalue weighted by Crippen LogP contribution is -2.21. The average Bonchev–Trinajstić information content (AvgIpc) is 2.40. The minimum Gasteiger partial charge on any atom is -0.363 e. The molecular formula is C11H14N. The van der Waals surface area contributed by atoms with E-state index < -0.39 is 0 Å². The van der Waals surface area contributed by atoms with Crippen molar-refractivity contribution in [2.24, 2.45) is 0 Å². The van der Waals surface area contributed by atoms with Crippen molar-refractivity contribution in [3.05, 3.63) is 35.9 Å². The zero-order valence-corrected chi connectivity index (χ0v) is 7.67. The molecule has 1 aromatic carbocycles. The molecular weight excluding hydrogens is 146 g/mol. The molecule has 2 rings (SSSR count). The van der Waals surface area contributed by atoms with E-state index in [0.29, 0.717) is 0 Å². The Bertz CT molecular complexity index is 280. The highest BCUT2D eigenvalue weighted by atomic mass is 15.2. The second-order valence-corrected chi connectivity index (χ2v) is 3.29. The molecule has 1 aliphatic rings. The highest BCUT2D eigenvalue weighted by Crippen LogP contribution is 2.34. The minimum absolute atomic E-state index is 1.09. The fourth-order valence-electron chi connectivity index (χ4n) is 1.94. The number of nitrogens with zero attached hydrogens (tertiary/aromatic N) is 1. The number of anilines is 1. The van der Waals surface area contributed by atoms with Crippen LogP contribution in [0.25, 0.3) is 0 Å². The first kappa shape index (κ1) is 7.66. The van der Waals surface area contributed by atoms with Crippen molar-refractivity contribution in [2.45, 2.75) is 20.3 Å². The van der Waals surface area contributed by atoms with Gasteiger partial charge in [-0.2, -0.15) is 0 Å². The van der Waals surface area contributed by atoms with Gasteiger partial charge in [-0.15, -0.1) is 0 Å². The lowest BCUT2D eigenvalue weighted by atomic mass is 10.1. The molecule has 0 aromatic heterocycles. The molecule has 0 bridgehead atoms. The Labute approximate surface area is 74.0 Å². The predicted octanol–water partition coefficient (Wildman–Crippen LogP) is 2.62. The first-order valence-corrected chi connectivity index (χ1v) is 4.51. The summed E-state index contributed by atoms with van der Waals surface area (Å²) >= 11 is 0. The maximum atomic E-state index is 2.38. The van der Waals surface area contributed by atoms with Crippen LogP contribution in [-0.4, -0.2) is 6.54 Å². The second-order valence-electron chi connectivity index (χ2n) is 3.29. The molecule has 0 spiro atoms. The summed E-state index contributed by atoms with van der Waals surface area (Å²) in [7, 11) is 0. The number of fused-ring (bicyclic) bond motifs is 1. The molecule has 1 radical (unpaired) electrons. The van der Waals surface area contributed by atoms with Crippen LogP contribution in [0.4, 0.5) is 5.69 Å². The summed E-state index contributed by atoms with van der Waals surface area (Å²) < 4.78 is 0. The summed E-state index contributed by atoms with van der Waals surface area (Å²) in [6.07, 6.45) is 1.13. The molecule has 0 aliphatic carbocycles. The normalized spacial score (nSPS) is 16.7. The van der Waals surface area contributed by atoms with Crippen molar-refractivity contribution in [3.63, 3.8) is 0 Å². The smallest absolute Gasteiger partial charge is 0.0646 e. The molecule has 0 saturated carbocycles. The summed E-state index contributed by atoms with van der Waals surface area (Å²) in [5.74, 6) is 0. The van der Waals surface area contributed by atoms with Gasteiger partial charge in [0.1, 0.15) is 0 Å². The first-order valence-electron chi connectivity index (χ1n) is 4.51. The topological polar surface area (TPSA) is 3.24 Å². The number of likely N-dealkylation sites (N-methyl/N-ethyl adjacent to an activating group) is 1. The van der Waals surface area contributed by atoms with Gasteiger partial charge in [0.25, 0.3) is 0 Å². The fraction of sp³-hybridized carbons (Fsp3) is 0.364. The van der Waals surface area contributed by atoms with Crippen LogP contribution in [-0.2, 0) is 6.42 Å². The van der Waals surface area contributed by atoms with E-state index in [1.165, 1.54) is 17.3 Å². The van der Waals surface area contributed by atoms with Crippen LogP contribution >= 0.6 is 0 Å². The third kappa shape index (κ3) is 1.01. The Morgan fingerprint density at radius 1 is 1.33 bits per heavy atom. The van der Waals surface area contributed by atoms with Crippen LogP contribution in [0.2, 0.25) is 0 Å². The highest BCUT2D eigenvalue weighted by molar-refractivity contribution is 5.62.